The van der Waals surface area contributed by atoms with Crippen molar-refractivity contribution in [3.8, 4) is 0 Å². The number of hydrogen-bond acceptors (Lipinski definition) is 3. The van der Waals surface area contributed by atoms with Crippen molar-refractivity contribution in [3.05, 3.63) is 35.4 Å². The fourth-order valence-electron chi connectivity index (χ4n) is 1.49. The Kier molecular flexibility index (Phi) is 4.68. The highest BCUT2D eigenvalue weighted by Crippen LogP contribution is 2.17. The molecule has 0 aliphatic rings. The summed E-state index contributed by atoms with van der Waals surface area (Å²) < 4.78 is 24.3. The number of nitrogens with two attached hydrogens (primary N) is 1. The van der Waals surface area contributed by atoms with Gasteiger partial charge in [0.15, 0.2) is 0 Å². The van der Waals surface area contributed by atoms with Crippen molar-refractivity contribution in [2.24, 2.45) is 5.73 Å². The highest BCUT2D eigenvalue weighted by atomic mass is 32.2. The summed E-state index contributed by atoms with van der Waals surface area (Å²) in [5, 5.41) is 0. The van der Waals surface area contributed by atoms with Gasteiger partial charge in [-0.3, -0.25) is 0 Å². The molecule has 0 radical (unpaired) electrons. The monoisotopic (exact) mass is 256 g/mol. The minimum Gasteiger partial charge on any atom is -0.323 e. The molecule has 0 aliphatic heterocycles. The molecule has 5 heteroatoms. The predicted octanol–water partition coefficient (Wildman–Crippen LogP) is 1.36. The second-order valence-corrected chi connectivity index (χ2v) is 6.38. The molecule has 0 saturated carbocycles. The zero-order chi connectivity index (χ0) is 13.1. The van der Waals surface area contributed by atoms with Crippen LogP contribution in [0.1, 0.15) is 36.9 Å². The third kappa shape index (κ3) is 4.85. The van der Waals surface area contributed by atoms with Crippen LogP contribution in [0.2, 0.25) is 0 Å². The van der Waals surface area contributed by atoms with E-state index >= 15 is 0 Å². The van der Waals surface area contributed by atoms with E-state index in [9.17, 15) is 8.42 Å². The summed E-state index contributed by atoms with van der Waals surface area (Å²) in [6.45, 7) is 4.47. The molecule has 0 amide bonds. The van der Waals surface area contributed by atoms with Crippen LogP contribution in [0, 0.1) is 0 Å². The lowest BCUT2D eigenvalue weighted by Gasteiger charge is -2.13. The van der Waals surface area contributed by atoms with E-state index in [2.05, 4.69) is 18.6 Å². The third-order valence-corrected chi connectivity index (χ3v) is 3.29. The molecule has 1 aromatic rings. The van der Waals surface area contributed by atoms with Crippen LogP contribution < -0.4 is 10.5 Å². The van der Waals surface area contributed by atoms with Gasteiger partial charge in [-0.1, -0.05) is 38.1 Å². The van der Waals surface area contributed by atoms with Crippen molar-refractivity contribution in [1.29, 1.82) is 0 Å². The van der Waals surface area contributed by atoms with E-state index < -0.39 is 10.0 Å². The maximum absolute atomic E-state index is 10.9. The second kappa shape index (κ2) is 5.62. The lowest BCUT2D eigenvalue weighted by atomic mass is 9.99. The number of rotatable bonds is 5. The molecule has 0 heterocycles. The Balaban J connectivity index is 2.67. The van der Waals surface area contributed by atoms with Crippen molar-refractivity contribution in [3.63, 3.8) is 0 Å². The van der Waals surface area contributed by atoms with Crippen LogP contribution in [-0.2, 0) is 10.0 Å². The molecular weight excluding hydrogens is 236 g/mol. The summed E-state index contributed by atoms with van der Waals surface area (Å²) in [4.78, 5) is 0. The Bertz CT molecular complexity index is 452. The smallest absolute Gasteiger partial charge is 0.208 e. The molecule has 0 spiro atoms. The molecule has 96 valence electrons. The van der Waals surface area contributed by atoms with Crippen LogP contribution in [0.15, 0.2) is 24.3 Å². The Morgan fingerprint density at radius 2 is 1.65 bits per heavy atom. The van der Waals surface area contributed by atoms with Gasteiger partial charge in [0, 0.05) is 12.6 Å². The Hall–Kier alpha value is -0.910. The number of benzene rings is 1. The zero-order valence-corrected chi connectivity index (χ0v) is 11.3. The highest BCUT2D eigenvalue weighted by Gasteiger charge is 2.09. The molecule has 0 bridgehead atoms. The molecule has 1 atom stereocenters. The molecule has 1 rings (SSSR count). The van der Waals surface area contributed by atoms with Crippen molar-refractivity contribution < 1.29 is 8.42 Å². The van der Waals surface area contributed by atoms with Gasteiger partial charge in [0.1, 0.15) is 0 Å². The zero-order valence-electron chi connectivity index (χ0n) is 10.5. The van der Waals surface area contributed by atoms with Crippen LogP contribution in [0.4, 0.5) is 0 Å². The molecule has 0 saturated heterocycles. The molecule has 0 unspecified atom stereocenters. The molecular formula is C12H20N2O2S. The molecule has 4 nitrogen and oxygen atoms in total. The standard InChI is InChI=1S/C12H20N2O2S/c1-9(2)10-4-6-11(7-5-10)12(13)8-14-17(3,15)16/h4-7,9,12,14H,8,13H2,1-3H3/t12-/m0/s1. The van der Waals surface area contributed by atoms with Crippen molar-refractivity contribution in [2.75, 3.05) is 12.8 Å². The molecule has 17 heavy (non-hydrogen) atoms. The first-order valence-electron chi connectivity index (χ1n) is 5.59. The van der Waals surface area contributed by atoms with Crippen molar-refractivity contribution in [1.82, 2.24) is 4.72 Å². The fraction of sp³-hybridized carbons (Fsp3) is 0.500. The SMILES string of the molecule is CC(C)c1ccc([C@@H](N)CNS(C)(=O)=O)cc1. The maximum atomic E-state index is 10.9. The van der Waals surface area contributed by atoms with Crippen LogP contribution in [0.3, 0.4) is 0 Å². The normalized spacial score (nSPS) is 13.9. The molecule has 3 N–H and O–H groups in total. The van der Waals surface area contributed by atoms with E-state index in [1.54, 1.807) is 0 Å². The predicted molar refractivity (Wildman–Crippen MR) is 70.3 cm³/mol. The minimum atomic E-state index is -3.18. The minimum absolute atomic E-state index is 0.222. The van der Waals surface area contributed by atoms with Gasteiger partial charge in [-0.25, -0.2) is 13.1 Å². The first-order chi connectivity index (χ1) is 7.79. The fourth-order valence-corrected chi connectivity index (χ4v) is 1.97. The van der Waals surface area contributed by atoms with E-state index in [-0.39, 0.29) is 12.6 Å². The topological polar surface area (TPSA) is 72.2 Å². The molecule has 0 aliphatic carbocycles. The van der Waals surface area contributed by atoms with Crippen LogP contribution in [0.25, 0.3) is 0 Å². The van der Waals surface area contributed by atoms with Gasteiger partial charge in [-0.15, -0.1) is 0 Å². The Morgan fingerprint density at radius 3 is 2.06 bits per heavy atom. The van der Waals surface area contributed by atoms with Gasteiger partial charge in [-0.2, -0.15) is 0 Å². The Morgan fingerprint density at radius 1 is 1.18 bits per heavy atom. The van der Waals surface area contributed by atoms with Gasteiger partial charge in [0.2, 0.25) is 10.0 Å². The van der Waals surface area contributed by atoms with E-state index in [1.807, 2.05) is 24.3 Å². The first-order valence-corrected chi connectivity index (χ1v) is 7.49. The van der Waals surface area contributed by atoms with Crippen LogP contribution >= 0.6 is 0 Å². The average Bonchev–Trinajstić information content (AvgIpc) is 2.25. The molecule has 0 aromatic heterocycles. The first kappa shape index (κ1) is 14.2. The largest absolute Gasteiger partial charge is 0.323 e. The quantitative estimate of drug-likeness (QED) is 0.835. The van der Waals surface area contributed by atoms with Gasteiger partial charge < -0.3 is 5.73 Å². The molecule has 0 fully saturated rings. The number of nitrogens with one attached hydrogen (secondary N) is 1. The van der Waals surface area contributed by atoms with E-state index in [4.69, 9.17) is 5.73 Å². The summed E-state index contributed by atoms with van der Waals surface area (Å²) in [5.41, 5.74) is 8.08. The van der Waals surface area contributed by atoms with E-state index in [1.165, 1.54) is 5.56 Å². The number of hydrogen-bond donors (Lipinski definition) is 2. The Labute approximate surface area is 103 Å². The second-order valence-electron chi connectivity index (χ2n) is 4.55. The van der Waals surface area contributed by atoms with E-state index in [0.29, 0.717) is 5.92 Å². The van der Waals surface area contributed by atoms with E-state index in [0.717, 1.165) is 11.8 Å². The van der Waals surface area contributed by atoms with Gasteiger partial charge >= 0.3 is 0 Å². The summed E-state index contributed by atoms with van der Waals surface area (Å²) >= 11 is 0. The maximum Gasteiger partial charge on any atom is 0.208 e. The summed E-state index contributed by atoms with van der Waals surface area (Å²) in [7, 11) is -3.18. The summed E-state index contributed by atoms with van der Waals surface area (Å²) in [6.07, 6.45) is 1.13. The average molecular weight is 256 g/mol. The highest BCUT2D eigenvalue weighted by molar-refractivity contribution is 7.88. The van der Waals surface area contributed by atoms with Crippen LogP contribution in [-0.4, -0.2) is 21.2 Å². The van der Waals surface area contributed by atoms with Gasteiger partial charge in [0.05, 0.1) is 6.26 Å². The van der Waals surface area contributed by atoms with Crippen molar-refractivity contribution in [2.45, 2.75) is 25.8 Å². The van der Waals surface area contributed by atoms with Crippen molar-refractivity contribution >= 4 is 10.0 Å². The summed E-state index contributed by atoms with van der Waals surface area (Å²) in [6, 6.07) is 7.64. The summed E-state index contributed by atoms with van der Waals surface area (Å²) in [5.74, 6) is 0.481. The van der Waals surface area contributed by atoms with Gasteiger partial charge in [-0.05, 0) is 17.0 Å². The lowest BCUT2D eigenvalue weighted by Crippen LogP contribution is -2.31. The van der Waals surface area contributed by atoms with Gasteiger partial charge in [0.25, 0.3) is 0 Å². The molecule has 1 aromatic carbocycles. The number of sulfonamides is 1. The van der Waals surface area contributed by atoms with Crippen LogP contribution in [0.5, 0.6) is 0 Å². The lowest BCUT2D eigenvalue weighted by molar-refractivity contribution is 0.578. The third-order valence-electron chi connectivity index (χ3n) is 2.60.